The Labute approximate surface area is 153 Å². The summed E-state index contributed by atoms with van der Waals surface area (Å²) >= 11 is 0. The van der Waals surface area contributed by atoms with Crippen molar-refractivity contribution in [3.63, 3.8) is 0 Å². The van der Waals surface area contributed by atoms with Crippen LogP contribution in [0.25, 0.3) is 11.1 Å². The maximum absolute atomic E-state index is 10.2. The zero-order valence-electron chi connectivity index (χ0n) is 14.3. The standard InChI is InChI=1S/C25H18O/c26-20-12-8-11-19(17-20)25(18-9-2-1-3-10-18)23-15-6-4-13-21(23)22-14-5-7-16-24(22)25/h1-17,26H. The molecule has 0 saturated heterocycles. The van der Waals surface area contributed by atoms with Crippen LogP contribution >= 0.6 is 0 Å². The summed E-state index contributed by atoms with van der Waals surface area (Å²) in [7, 11) is 0. The minimum absolute atomic E-state index is 0.291. The molecule has 1 aliphatic carbocycles. The number of phenolic OH excluding ortho intramolecular Hbond substituents is 1. The van der Waals surface area contributed by atoms with Gasteiger partial charge in [-0.25, -0.2) is 0 Å². The van der Waals surface area contributed by atoms with Crippen LogP contribution in [0.2, 0.25) is 0 Å². The number of phenols is 1. The van der Waals surface area contributed by atoms with Crippen LogP contribution in [0.4, 0.5) is 0 Å². The van der Waals surface area contributed by atoms with Gasteiger partial charge in [0.15, 0.2) is 0 Å². The molecule has 1 N–H and O–H groups in total. The van der Waals surface area contributed by atoms with Gasteiger partial charge >= 0.3 is 0 Å². The van der Waals surface area contributed by atoms with E-state index in [1.54, 1.807) is 6.07 Å². The van der Waals surface area contributed by atoms with Gasteiger partial charge in [0, 0.05) is 0 Å². The molecule has 5 rings (SSSR count). The molecule has 26 heavy (non-hydrogen) atoms. The summed E-state index contributed by atoms with van der Waals surface area (Å²) in [6.07, 6.45) is 0. The van der Waals surface area contributed by atoms with Gasteiger partial charge in [-0.15, -0.1) is 0 Å². The number of benzene rings is 4. The summed E-state index contributed by atoms with van der Waals surface area (Å²) in [4.78, 5) is 0. The first-order chi connectivity index (χ1) is 12.8. The number of hydrogen-bond donors (Lipinski definition) is 1. The molecule has 0 atom stereocenters. The lowest BCUT2D eigenvalue weighted by Crippen LogP contribution is -2.28. The van der Waals surface area contributed by atoms with Crippen molar-refractivity contribution in [3.8, 4) is 16.9 Å². The summed E-state index contributed by atoms with van der Waals surface area (Å²) in [6, 6.07) is 35.5. The van der Waals surface area contributed by atoms with Crippen molar-refractivity contribution in [2.45, 2.75) is 5.41 Å². The summed E-state index contributed by atoms with van der Waals surface area (Å²) in [5, 5.41) is 10.2. The lowest BCUT2D eigenvalue weighted by Gasteiger charge is -2.33. The minimum Gasteiger partial charge on any atom is -0.508 e. The molecule has 0 aliphatic heterocycles. The van der Waals surface area contributed by atoms with Crippen molar-refractivity contribution in [1.82, 2.24) is 0 Å². The number of fused-ring (bicyclic) bond motifs is 3. The third kappa shape index (κ3) is 1.91. The highest BCUT2D eigenvalue weighted by molar-refractivity contribution is 5.86. The van der Waals surface area contributed by atoms with Crippen LogP contribution in [-0.4, -0.2) is 5.11 Å². The van der Waals surface area contributed by atoms with Gasteiger partial charge in [0.25, 0.3) is 0 Å². The van der Waals surface area contributed by atoms with E-state index in [2.05, 4.69) is 78.9 Å². The van der Waals surface area contributed by atoms with Gasteiger partial charge in [0.05, 0.1) is 5.41 Å². The Kier molecular flexibility index (Phi) is 3.23. The molecular weight excluding hydrogens is 316 g/mol. The molecule has 0 spiro atoms. The summed E-state index contributed by atoms with van der Waals surface area (Å²) in [5.41, 5.74) is 6.92. The van der Waals surface area contributed by atoms with Gasteiger partial charge in [0.2, 0.25) is 0 Å². The average Bonchev–Trinajstić information content (AvgIpc) is 3.00. The molecule has 0 heterocycles. The highest BCUT2D eigenvalue weighted by Crippen LogP contribution is 2.56. The van der Waals surface area contributed by atoms with E-state index in [0.717, 1.165) is 5.56 Å². The Bertz CT molecular complexity index is 1050. The van der Waals surface area contributed by atoms with Crippen molar-refractivity contribution in [2.75, 3.05) is 0 Å². The predicted octanol–water partition coefficient (Wildman–Crippen LogP) is 5.76. The van der Waals surface area contributed by atoms with E-state index >= 15 is 0 Å². The Morgan fingerprint density at radius 3 is 1.65 bits per heavy atom. The largest absolute Gasteiger partial charge is 0.508 e. The maximum atomic E-state index is 10.2. The summed E-state index contributed by atoms with van der Waals surface area (Å²) in [5.74, 6) is 0.291. The molecule has 0 fully saturated rings. The Hall–Kier alpha value is -3.32. The van der Waals surface area contributed by atoms with Crippen LogP contribution in [0, 0.1) is 0 Å². The van der Waals surface area contributed by atoms with Crippen LogP contribution in [-0.2, 0) is 5.41 Å². The maximum Gasteiger partial charge on any atom is 0.115 e. The van der Waals surface area contributed by atoms with E-state index in [-0.39, 0.29) is 0 Å². The Morgan fingerprint density at radius 1 is 0.500 bits per heavy atom. The average molecular weight is 334 g/mol. The monoisotopic (exact) mass is 334 g/mol. The van der Waals surface area contributed by atoms with Crippen LogP contribution in [0.15, 0.2) is 103 Å². The number of aromatic hydroxyl groups is 1. The van der Waals surface area contributed by atoms with E-state index in [4.69, 9.17) is 0 Å². The molecule has 1 aliphatic rings. The molecular formula is C25H18O. The van der Waals surface area contributed by atoms with Crippen molar-refractivity contribution >= 4 is 0 Å². The van der Waals surface area contributed by atoms with Gasteiger partial charge in [-0.2, -0.15) is 0 Å². The van der Waals surface area contributed by atoms with Gasteiger partial charge in [-0.3, -0.25) is 0 Å². The molecule has 0 bridgehead atoms. The van der Waals surface area contributed by atoms with Crippen molar-refractivity contribution in [3.05, 3.63) is 125 Å². The smallest absolute Gasteiger partial charge is 0.115 e. The topological polar surface area (TPSA) is 20.2 Å². The van der Waals surface area contributed by atoms with Gasteiger partial charge in [0.1, 0.15) is 5.75 Å². The molecule has 1 heteroatoms. The number of hydrogen-bond acceptors (Lipinski definition) is 1. The van der Waals surface area contributed by atoms with Crippen LogP contribution in [0.3, 0.4) is 0 Å². The van der Waals surface area contributed by atoms with Gasteiger partial charge < -0.3 is 5.11 Å². The fourth-order valence-electron chi connectivity index (χ4n) is 4.45. The molecule has 4 aromatic carbocycles. The highest BCUT2D eigenvalue weighted by atomic mass is 16.3. The fourth-order valence-corrected chi connectivity index (χ4v) is 4.45. The molecule has 0 amide bonds. The van der Waals surface area contributed by atoms with Crippen molar-refractivity contribution in [1.29, 1.82) is 0 Å². The van der Waals surface area contributed by atoms with Crippen LogP contribution in [0.5, 0.6) is 5.75 Å². The first-order valence-corrected chi connectivity index (χ1v) is 8.86. The van der Waals surface area contributed by atoms with E-state index < -0.39 is 5.41 Å². The normalized spacial score (nSPS) is 13.8. The van der Waals surface area contributed by atoms with Crippen molar-refractivity contribution in [2.24, 2.45) is 0 Å². The third-order valence-corrected chi connectivity index (χ3v) is 5.44. The second kappa shape index (κ2) is 5.60. The third-order valence-electron chi connectivity index (χ3n) is 5.44. The van der Waals surface area contributed by atoms with Crippen molar-refractivity contribution < 1.29 is 5.11 Å². The summed E-state index contributed by atoms with van der Waals surface area (Å²) < 4.78 is 0. The van der Waals surface area contributed by atoms with E-state index in [1.165, 1.54) is 27.8 Å². The predicted molar refractivity (Wildman–Crippen MR) is 105 cm³/mol. The van der Waals surface area contributed by atoms with E-state index in [9.17, 15) is 5.11 Å². The van der Waals surface area contributed by atoms with Crippen LogP contribution < -0.4 is 0 Å². The Morgan fingerprint density at radius 2 is 1.04 bits per heavy atom. The zero-order valence-corrected chi connectivity index (χ0v) is 14.3. The van der Waals surface area contributed by atoms with E-state index in [0.29, 0.717) is 5.75 Å². The SMILES string of the molecule is Oc1cccc(C2(c3ccccc3)c3ccccc3-c3ccccc32)c1. The molecule has 0 radical (unpaired) electrons. The lowest BCUT2D eigenvalue weighted by molar-refractivity contribution is 0.473. The Balaban J connectivity index is 1.98. The first kappa shape index (κ1) is 15.0. The lowest BCUT2D eigenvalue weighted by atomic mass is 9.68. The second-order valence-corrected chi connectivity index (χ2v) is 6.76. The fraction of sp³-hybridized carbons (Fsp3) is 0.0400. The highest BCUT2D eigenvalue weighted by Gasteiger charge is 2.45. The molecule has 0 unspecified atom stereocenters. The minimum atomic E-state index is -0.423. The number of rotatable bonds is 2. The molecule has 124 valence electrons. The van der Waals surface area contributed by atoms with Gasteiger partial charge in [-0.05, 0) is 45.5 Å². The quantitative estimate of drug-likeness (QED) is 0.435. The second-order valence-electron chi connectivity index (χ2n) is 6.76. The van der Waals surface area contributed by atoms with Gasteiger partial charge in [-0.1, -0.05) is 91.0 Å². The molecule has 4 aromatic rings. The zero-order chi connectivity index (χ0) is 17.6. The summed E-state index contributed by atoms with van der Waals surface area (Å²) in [6.45, 7) is 0. The van der Waals surface area contributed by atoms with Crippen LogP contribution in [0.1, 0.15) is 22.3 Å². The first-order valence-electron chi connectivity index (χ1n) is 8.86. The molecule has 0 aromatic heterocycles. The molecule has 1 nitrogen and oxygen atoms in total. The molecule has 0 saturated carbocycles. The van der Waals surface area contributed by atoms with E-state index in [1.807, 2.05) is 18.2 Å².